The molecular weight excluding hydrogens is 675 g/mol. The molecular formula is C48H43N7. The first kappa shape index (κ1) is 34.3. The van der Waals surface area contributed by atoms with Gasteiger partial charge < -0.3 is 4.57 Å². The number of pyridine rings is 1. The number of aromatic nitrogens is 7. The van der Waals surface area contributed by atoms with Crippen molar-refractivity contribution < 1.29 is 0 Å². The van der Waals surface area contributed by atoms with E-state index in [4.69, 9.17) is 20.3 Å². The summed E-state index contributed by atoms with van der Waals surface area (Å²) < 4.78 is 4.43. The predicted octanol–water partition coefficient (Wildman–Crippen LogP) is 10.4. The number of hydrogen-bond acceptors (Lipinski definition) is 5. The minimum atomic E-state index is -0.844. The van der Waals surface area contributed by atoms with Crippen LogP contribution in [0.3, 0.4) is 0 Å². The van der Waals surface area contributed by atoms with Gasteiger partial charge in [-0.3, -0.25) is 0 Å². The van der Waals surface area contributed by atoms with Gasteiger partial charge in [0.1, 0.15) is 16.9 Å². The molecule has 0 amide bonds. The molecule has 0 aliphatic heterocycles. The second-order valence-electron chi connectivity index (χ2n) is 14.7. The van der Waals surface area contributed by atoms with E-state index in [1.807, 2.05) is 4.68 Å². The van der Waals surface area contributed by atoms with Gasteiger partial charge in [-0.05, 0) is 101 Å². The van der Waals surface area contributed by atoms with E-state index in [-0.39, 0.29) is 6.04 Å². The molecule has 0 radical (unpaired) electrons. The zero-order chi connectivity index (χ0) is 37.5. The van der Waals surface area contributed by atoms with Gasteiger partial charge in [0.2, 0.25) is 0 Å². The van der Waals surface area contributed by atoms with Crippen molar-refractivity contribution in [2.24, 2.45) is 0 Å². The Morgan fingerprint density at radius 3 is 1.98 bits per heavy atom. The summed E-state index contributed by atoms with van der Waals surface area (Å²) in [6.07, 6.45) is 4.97. The number of nitrogens with zero attached hydrogens (tertiary/aromatic N) is 7. The van der Waals surface area contributed by atoms with Gasteiger partial charge in [-0.25, -0.2) is 14.6 Å². The van der Waals surface area contributed by atoms with E-state index in [1.165, 1.54) is 16.7 Å². The minimum Gasteiger partial charge on any atom is -0.305 e. The molecule has 270 valence electrons. The monoisotopic (exact) mass is 717 g/mol. The van der Waals surface area contributed by atoms with Crippen LogP contribution in [0.4, 0.5) is 0 Å². The van der Waals surface area contributed by atoms with Gasteiger partial charge in [-0.15, -0.1) is 5.10 Å². The lowest BCUT2D eigenvalue weighted by Gasteiger charge is -2.36. The second-order valence-corrected chi connectivity index (χ2v) is 14.7. The minimum absolute atomic E-state index is 0.170. The second kappa shape index (κ2) is 14.1. The molecule has 1 atom stereocenters. The molecule has 0 saturated carbocycles. The SMILES string of the molecule is CCc1nc2c(C)cc(C=C(C)C)nc2n1C1CCc2cc(-c3ccccc3-c3nnnn3C(c3ccccc3)(c3ccccc3)c3ccccc3)ccc21. The molecule has 3 aromatic heterocycles. The van der Waals surface area contributed by atoms with Crippen LogP contribution in [0.15, 0.2) is 145 Å². The lowest BCUT2D eigenvalue weighted by atomic mass is 9.77. The molecule has 0 spiro atoms. The normalized spacial score (nSPS) is 13.9. The van der Waals surface area contributed by atoms with Crippen molar-refractivity contribution in [1.29, 1.82) is 0 Å². The van der Waals surface area contributed by atoms with E-state index in [0.717, 1.165) is 80.9 Å². The molecule has 8 aromatic rings. The number of hydrogen-bond donors (Lipinski definition) is 0. The summed E-state index contributed by atoms with van der Waals surface area (Å²) in [5.74, 6) is 1.77. The molecule has 5 aromatic carbocycles. The molecule has 1 aliphatic carbocycles. The average molecular weight is 718 g/mol. The van der Waals surface area contributed by atoms with Crippen LogP contribution in [0.1, 0.15) is 78.1 Å². The van der Waals surface area contributed by atoms with E-state index in [0.29, 0.717) is 5.82 Å². The number of allylic oxidation sites excluding steroid dienone is 1. The Balaban J connectivity index is 1.18. The highest BCUT2D eigenvalue weighted by molar-refractivity contribution is 5.82. The lowest BCUT2D eigenvalue weighted by Crippen LogP contribution is -2.39. The van der Waals surface area contributed by atoms with E-state index in [2.05, 4.69) is 183 Å². The Morgan fingerprint density at radius 1 is 0.745 bits per heavy atom. The van der Waals surface area contributed by atoms with Crippen molar-refractivity contribution in [2.45, 2.75) is 58.5 Å². The van der Waals surface area contributed by atoms with Crippen LogP contribution >= 0.6 is 0 Å². The standard InChI is InChI=1S/C48H43N7/c1-5-44-50-45-33(4)30-39(29-32(2)3)49-47(45)54(44)43-28-26-35-31-34(25-27-41(35)43)40-23-15-16-24-42(40)46-51-52-53-55(46)48(36-17-9-6-10-18-36,37-19-11-7-12-20-37)38-21-13-8-14-22-38/h6-25,27,29-31,43H,5,26,28H2,1-4H3. The summed E-state index contributed by atoms with van der Waals surface area (Å²) in [6, 6.07) is 49.5. The first-order valence-corrected chi connectivity index (χ1v) is 19.2. The van der Waals surface area contributed by atoms with Gasteiger partial charge >= 0.3 is 0 Å². The van der Waals surface area contributed by atoms with E-state index in [9.17, 15) is 0 Å². The maximum atomic E-state index is 5.16. The molecule has 0 saturated heterocycles. The zero-order valence-electron chi connectivity index (χ0n) is 31.7. The van der Waals surface area contributed by atoms with Crippen LogP contribution in [0, 0.1) is 6.92 Å². The zero-order valence-corrected chi connectivity index (χ0v) is 31.7. The van der Waals surface area contributed by atoms with Crippen LogP contribution in [0.25, 0.3) is 39.8 Å². The number of tetrazole rings is 1. The smallest absolute Gasteiger partial charge is 0.184 e. The Morgan fingerprint density at radius 2 is 1.36 bits per heavy atom. The number of imidazole rings is 1. The Bertz CT molecular complexity index is 2570. The van der Waals surface area contributed by atoms with Gasteiger partial charge in [-0.1, -0.05) is 146 Å². The molecule has 1 aliphatic rings. The van der Waals surface area contributed by atoms with E-state index in [1.54, 1.807) is 0 Å². The summed E-state index contributed by atoms with van der Waals surface area (Å²) in [5.41, 5.74) is 13.6. The number of aryl methyl sites for hydroxylation is 3. The molecule has 9 rings (SSSR count). The van der Waals surface area contributed by atoms with Crippen molar-refractivity contribution in [2.75, 3.05) is 0 Å². The van der Waals surface area contributed by atoms with Gasteiger partial charge in [0, 0.05) is 12.0 Å². The van der Waals surface area contributed by atoms with Crippen molar-refractivity contribution in [3.63, 3.8) is 0 Å². The van der Waals surface area contributed by atoms with Gasteiger partial charge in [0.05, 0.1) is 11.7 Å². The molecule has 1 unspecified atom stereocenters. The van der Waals surface area contributed by atoms with Crippen LogP contribution in [-0.2, 0) is 18.4 Å². The summed E-state index contributed by atoms with van der Waals surface area (Å²) in [7, 11) is 0. The fraction of sp³-hybridized carbons (Fsp3) is 0.188. The lowest BCUT2D eigenvalue weighted by molar-refractivity contribution is 0.451. The number of fused-ring (bicyclic) bond motifs is 2. The third kappa shape index (κ3) is 5.78. The van der Waals surface area contributed by atoms with Crippen LogP contribution < -0.4 is 0 Å². The van der Waals surface area contributed by atoms with Crippen LogP contribution in [0.5, 0.6) is 0 Å². The first-order chi connectivity index (χ1) is 27.0. The van der Waals surface area contributed by atoms with E-state index < -0.39 is 5.54 Å². The highest BCUT2D eigenvalue weighted by atomic mass is 15.6. The van der Waals surface area contributed by atoms with Crippen LogP contribution in [0.2, 0.25) is 0 Å². The molecule has 0 bridgehead atoms. The number of benzene rings is 5. The maximum absolute atomic E-state index is 5.16. The fourth-order valence-corrected chi connectivity index (χ4v) is 8.68. The Labute approximate surface area is 322 Å². The third-order valence-corrected chi connectivity index (χ3v) is 11.0. The predicted molar refractivity (Wildman–Crippen MR) is 221 cm³/mol. The summed E-state index contributed by atoms with van der Waals surface area (Å²) in [6.45, 7) is 8.57. The largest absolute Gasteiger partial charge is 0.305 e. The Kier molecular flexibility index (Phi) is 8.77. The fourth-order valence-electron chi connectivity index (χ4n) is 8.68. The van der Waals surface area contributed by atoms with Gasteiger partial charge in [0.25, 0.3) is 0 Å². The van der Waals surface area contributed by atoms with Crippen LogP contribution in [-0.4, -0.2) is 34.7 Å². The van der Waals surface area contributed by atoms with Crippen molar-refractivity contribution in [3.05, 3.63) is 190 Å². The highest BCUT2D eigenvalue weighted by Crippen LogP contribution is 2.45. The maximum Gasteiger partial charge on any atom is 0.184 e. The summed E-state index contributed by atoms with van der Waals surface area (Å²) in [4.78, 5) is 10.3. The van der Waals surface area contributed by atoms with Gasteiger partial charge in [0.15, 0.2) is 11.5 Å². The quantitative estimate of drug-likeness (QED) is 0.139. The summed E-state index contributed by atoms with van der Waals surface area (Å²) >= 11 is 0. The molecule has 7 heteroatoms. The molecule has 0 N–H and O–H groups in total. The van der Waals surface area contributed by atoms with Crippen molar-refractivity contribution >= 4 is 17.2 Å². The molecule has 7 nitrogen and oxygen atoms in total. The molecule has 0 fully saturated rings. The number of rotatable bonds is 9. The highest BCUT2D eigenvalue weighted by Gasteiger charge is 2.42. The van der Waals surface area contributed by atoms with Crippen molar-refractivity contribution in [3.8, 4) is 22.5 Å². The van der Waals surface area contributed by atoms with Gasteiger partial charge in [-0.2, -0.15) is 0 Å². The van der Waals surface area contributed by atoms with E-state index >= 15 is 0 Å². The first-order valence-electron chi connectivity index (χ1n) is 19.2. The van der Waals surface area contributed by atoms with Crippen molar-refractivity contribution in [1.82, 2.24) is 34.7 Å². The molecule has 3 heterocycles. The third-order valence-electron chi connectivity index (χ3n) is 11.0. The average Bonchev–Trinajstić information content (AvgIpc) is 3.97. The molecule has 55 heavy (non-hydrogen) atoms. The summed E-state index contributed by atoms with van der Waals surface area (Å²) in [5, 5.41) is 14.0. The Hall–Kier alpha value is -6.47. The topological polar surface area (TPSA) is 74.3 Å².